The maximum atomic E-state index is 13.9. The molecule has 1 saturated heterocycles. The number of hydrogen-bond acceptors (Lipinski definition) is 7. The number of hydrogen-bond donors (Lipinski definition) is 2. The van der Waals surface area contributed by atoms with Crippen LogP contribution in [0, 0.1) is 28.6 Å². The maximum Gasteiger partial charge on any atom is 0.408 e. The van der Waals surface area contributed by atoms with Gasteiger partial charge in [-0.15, -0.1) is 0 Å². The van der Waals surface area contributed by atoms with E-state index in [1.807, 2.05) is 20.8 Å². The molecule has 3 amide bonds. The summed E-state index contributed by atoms with van der Waals surface area (Å²) in [5.74, 6) is -2.32. The molecule has 3 aliphatic rings. The van der Waals surface area contributed by atoms with Gasteiger partial charge >= 0.3 is 12.1 Å². The second-order valence-electron chi connectivity index (χ2n) is 13.4. The van der Waals surface area contributed by atoms with Crippen LogP contribution >= 0.6 is 0 Å². The number of alkyl carbamates (subject to hydrolysis) is 1. The molecule has 1 heterocycles. The first kappa shape index (κ1) is 28.9. The average molecular weight is 522 g/mol. The highest BCUT2D eigenvalue weighted by molar-refractivity contribution is 6.36. The molecule has 0 aromatic heterocycles. The van der Waals surface area contributed by atoms with E-state index in [0.717, 1.165) is 20.0 Å². The van der Waals surface area contributed by atoms with Gasteiger partial charge in [0.15, 0.2) is 0 Å². The maximum absolute atomic E-state index is 13.9. The molecule has 0 spiro atoms. The van der Waals surface area contributed by atoms with Gasteiger partial charge in [0.1, 0.15) is 17.7 Å². The first-order valence-electron chi connectivity index (χ1n) is 13.1. The van der Waals surface area contributed by atoms with Gasteiger partial charge in [0.05, 0.1) is 13.2 Å². The fourth-order valence-electron chi connectivity index (χ4n) is 5.47. The Labute approximate surface area is 219 Å². The third-order valence-electron chi connectivity index (χ3n) is 7.82. The van der Waals surface area contributed by atoms with Crippen LogP contribution in [0.25, 0.3) is 0 Å². The lowest BCUT2D eigenvalue weighted by molar-refractivity contribution is -0.153. The number of piperidine rings is 1. The quantitative estimate of drug-likeness (QED) is 0.370. The number of rotatable bonds is 8. The SMILES string of the molecule is COC(=O)C(=O)C(CC1CC1)NC(=O)[C@@H]1[C@@H]2C(CN1C(=O)[C@@H](NC(=O)OC(C)(C)C)C(C)(C)C)C2(C)C. The Morgan fingerprint density at radius 1 is 1.00 bits per heavy atom. The number of nitrogens with zero attached hydrogens (tertiary/aromatic N) is 1. The molecule has 10 nitrogen and oxygen atoms in total. The molecule has 0 bridgehead atoms. The van der Waals surface area contributed by atoms with Gasteiger partial charge in [-0.1, -0.05) is 47.5 Å². The third-order valence-corrected chi connectivity index (χ3v) is 7.82. The number of esters is 1. The van der Waals surface area contributed by atoms with E-state index in [1.165, 1.54) is 4.90 Å². The molecular weight excluding hydrogens is 478 g/mol. The van der Waals surface area contributed by atoms with Crippen molar-refractivity contribution in [3.05, 3.63) is 0 Å². The molecule has 2 unspecified atom stereocenters. The number of Topliss-reactive ketones (excluding diaryl/α,β-unsaturated/α-hetero) is 1. The molecule has 2 N–H and O–H groups in total. The van der Waals surface area contributed by atoms with Crippen LogP contribution in [0.3, 0.4) is 0 Å². The zero-order valence-corrected chi connectivity index (χ0v) is 23.6. The zero-order valence-electron chi connectivity index (χ0n) is 23.6. The summed E-state index contributed by atoms with van der Waals surface area (Å²) in [7, 11) is 1.13. The first-order valence-corrected chi connectivity index (χ1v) is 13.1. The van der Waals surface area contributed by atoms with Crippen LogP contribution in [0.4, 0.5) is 4.79 Å². The second kappa shape index (κ2) is 9.91. The number of nitrogens with one attached hydrogen (secondary N) is 2. The highest BCUT2D eigenvalue weighted by Gasteiger charge is 2.70. The predicted octanol–water partition coefficient (Wildman–Crippen LogP) is 2.44. The topological polar surface area (TPSA) is 131 Å². The summed E-state index contributed by atoms with van der Waals surface area (Å²) in [5, 5.41) is 5.50. The van der Waals surface area contributed by atoms with Crippen molar-refractivity contribution >= 4 is 29.7 Å². The van der Waals surface area contributed by atoms with Crippen molar-refractivity contribution in [1.29, 1.82) is 0 Å². The van der Waals surface area contributed by atoms with Crippen LogP contribution < -0.4 is 10.6 Å². The van der Waals surface area contributed by atoms with Gasteiger partial charge in [-0.2, -0.15) is 0 Å². The van der Waals surface area contributed by atoms with E-state index >= 15 is 0 Å². The van der Waals surface area contributed by atoms with Crippen LogP contribution in [-0.4, -0.2) is 71.9 Å². The van der Waals surface area contributed by atoms with Gasteiger partial charge in [-0.25, -0.2) is 9.59 Å². The van der Waals surface area contributed by atoms with Crippen molar-refractivity contribution < 1.29 is 33.4 Å². The van der Waals surface area contributed by atoms with Crippen molar-refractivity contribution in [2.75, 3.05) is 13.7 Å². The Morgan fingerprint density at radius 3 is 2.08 bits per heavy atom. The Hall–Kier alpha value is -2.65. The van der Waals surface area contributed by atoms with E-state index in [0.29, 0.717) is 13.0 Å². The lowest BCUT2D eigenvalue weighted by Crippen LogP contribution is -2.60. The smallest absolute Gasteiger partial charge is 0.408 e. The van der Waals surface area contributed by atoms with Gasteiger partial charge in [0.25, 0.3) is 5.78 Å². The molecule has 2 aliphatic carbocycles. The average Bonchev–Trinajstić information content (AvgIpc) is 3.60. The first-order chi connectivity index (χ1) is 16.9. The van der Waals surface area contributed by atoms with Crippen molar-refractivity contribution in [1.82, 2.24) is 15.5 Å². The minimum absolute atomic E-state index is 0.0894. The van der Waals surface area contributed by atoms with Gasteiger partial charge in [0, 0.05) is 6.54 Å². The fourth-order valence-corrected chi connectivity index (χ4v) is 5.47. The fraction of sp³-hybridized carbons (Fsp3) is 0.815. The number of amides is 3. The Kier molecular flexibility index (Phi) is 7.74. The van der Waals surface area contributed by atoms with Gasteiger partial charge in [0.2, 0.25) is 11.8 Å². The molecular formula is C27H43N3O7. The Bertz CT molecular complexity index is 958. The number of fused-ring (bicyclic) bond motifs is 1. The number of carbonyl (C=O) groups is 5. The largest absolute Gasteiger partial charge is 0.463 e. The number of methoxy groups -OCH3 is 1. The van der Waals surface area contributed by atoms with Crippen LogP contribution in [-0.2, 0) is 28.7 Å². The van der Waals surface area contributed by atoms with Gasteiger partial charge in [-0.3, -0.25) is 14.4 Å². The highest BCUT2D eigenvalue weighted by atomic mass is 16.6. The number of carbonyl (C=O) groups excluding carboxylic acids is 5. The van der Waals surface area contributed by atoms with E-state index in [1.54, 1.807) is 20.8 Å². The Balaban J connectivity index is 1.83. The number of ether oxygens (including phenoxy) is 2. The zero-order chi connectivity index (χ0) is 28.1. The van der Waals surface area contributed by atoms with Crippen molar-refractivity contribution in [3.8, 4) is 0 Å². The molecule has 10 heteroatoms. The lowest BCUT2D eigenvalue weighted by atomic mass is 9.85. The molecule has 0 aromatic rings. The molecule has 0 radical (unpaired) electrons. The van der Waals surface area contributed by atoms with Crippen molar-refractivity contribution in [2.45, 2.75) is 98.4 Å². The summed E-state index contributed by atoms with van der Waals surface area (Å²) >= 11 is 0. The molecule has 1 aliphatic heterocycles. The van der Waals surface area contributed by atoms with Crippen LogP contribution in [0.2, 0.25) is 0 Å². The van der Waals surface area contributed by atoms with E-state index in [9.17, 15) is 24.0 Å². The van der Waals surface area contributed by atoms with Crippen LogP contribution in [0.1, 0.15) is 74.7 Å². The van der Waals surface area contributed by atoms with E-state index in [-0.39, 0.29) is 29.1 Å². The summed E-state index contributed by atoms with van der Waals surface area (Å²) in [4.78, 5) is 66.3. The van der Waals surface area contributed by atoms with E-state index in [2.05, 4.69) is 29.2 Å². The second-order valence-corrected chi connectivity index (χ2v) is 13.4. The van der Waals surface area contributed by atoms with Gasteiger partial charge in [-0.05, 0) is 55.8 Å². The normalized spacial score (nSPS) is 25.9. The highest BCUT2D eigenvalue weighted by Crippen LogP contribution is 2.65. The number of ketones is 1. The standard InChI is InChI=1S/C27H43N3O7/c1-25(2,3)20(29-24(35)37-26(4,5)6)22(33)30-13-15-17(27(15,7)8)18(30)21(32)28-16(12-14-10-11-14)19(31)23(34)36-9/h14-18,20H,10-13H2,1-9H3,(H,28,32)(H,29,35)/t15?,16?,17-,18-,20+/m0/s1. The minimum atomic E-state index is -0.997. The van der Waals surface area contributed by atoms with Crippen molar-refractivity contribution in [2.24, 2.45) is 28.6 Å². The van der Waals surface area contributed by atoms with E-state index in [4.69, 9.17) is 4.74 Å². The van der Waals surface area contributed by atoms with Crippen LogP contribution in [0.15, 0.2) is 0 Å². The molecule has 208 valence electrons. The molecule has 5 atom stereocenters. The van der Waals surface area contributed by atoms with Crippen molar-refractivity contribution in [3.63, 3.8) is 0 Å². The summed E-state index contributed by atoms with van der Waals surface area (Å²) in [6.45, 7) is 15.2. The molecule has 0 aromatic carbocycles. The lowest BCUT2D eigenvalue weighted by Gasteiger charge is -2.38. The van der Waals surface area contributed by atoms with E-state index < -0.39 is 52.9 Å². The van der Waals surface area contributed by atoms with Crippen LogP contribution in [0.5, 0.6) is 0 Å². The summed E-state index contributed by atoms with van der Waals surface area (Å²) in [6, 6.07) is -2.74. The predicted molar refractivity (Wildman–Crippen MR) is 135 cm³/mol. The third kappa shape index (κ3) is 6.44. The molecule has 3 fully saturated rings. The summed E-state index contributed by atoms with van der Waals surface area (Å²) < 4.78 is 9.99. The summed E-state index contributed by atoms with van der Waals surface area (Å²) in [5.41, 5.74) is -1.54. The monoisotopic (exact) mass is 521 g/mol. The van der Waals surface area contributed by atoms with Gasteiger partial charge < -0.3 is 25.0 Å². The molecule has 37 heavy (non-hydrogen) atoms. The summed E-state index contributed by atoms with van der Waals surface area (Å²) in [6.07, 6.45) is 1.54. The Morgan fingerprint density at radius 2 is 1.59 bits per heavy atom. The molecule has 2 saturated carbocycles. The number of likely N-dealkylation sites (tertiary alicyclic amines) is 1. The molecule has 3 rings (SSSR count). The minimum Gasteiger partial charge on any atom is -0.463 e.